The molecule has 2 heterocycles. The fraction of sp³-hybridized carbons (Fsp3) is 0.583. The average molecular weight is 281 g/mol. The maximum absolute atomic E-state index is 9.51. The lowest BCUT2D eigenvalue weighted by molar-refractivity contribution is 0.0820. The molecule has 2 aromatic heterocycles. The molecule has 8 heteroatoms. The number of fused-ring (bicyclic) bond motifs is 1. The van der Waals surface area contributed by atoms with E-state index in [2.05, 4.69) is 15.0 Å². The Balaban J connectivity index is 2.38. The van der Waals surface area contributed by atoms with Crippen LogP contribution in [0.5, 0.6) is 0 Å². The molecular formula is C12H19N5O3. The molecule has 0 aromatic carbocycles. The number of aliphatic hydroxyl groups excluding tert-OH is 3. The number of rotatable bonds is 7. The van der Waals surface area contributed by atoms with Gasteiger partial charge in [-0.3, -0.25) is 0 Å². The van der Waals surface area contributed by atoms with Crippen LogP contribution in [0.25, 0.3) is 11.2 Å². The number of hydrogen-bond donors (Lipinski definition) is 3. The lowest BCUT2D eigenvalue weighted by atomic mass is 10.3. The van der Waals surface area contributed by atoms with Gasteiger partial charge in [0.1, 0.15) is 6.33 Å². The number of imidazole rings is 1. The lowest BCUT2D eigenvalue weighted by Crippen LogP contribution is -2.27. The van der Waals surface area contributed by atoms with Crippen molar-refractivity contribution in [2.24, 2.45) is 0 Å². The van der Waals surface area contributed by atoms with Gasteiger partial charge in [-0.25, -0.2) is 15.0 Å². The van der Waals surface area contributed by atoms with Crippen molar-refractivity contribution < 1.29 is 15.3 Å². The van der Waals surface area contributed by atoms with E-state index in [0.717, 1.165) is 0 Å². The van der Waals surface area contributed by atoms with Gasteiger partial charge in [0, 0.05) is 13.1 Å². The molecule has 0 bridgehead atoms. The van der Waals surface area contributed by atoms with Crippen LogP contribution in [0.15, 0.2) is 12.7 Å². The summed E-state index contributed by atoms with van der Waals surface area (Å²) in [5.41, 5.74) is 1.21. The van der Waals surface area contributed by atoms with Crippen LogP contribution >= 0.6 is 0 Å². The summed E-state index contributed by atoms with van der Waals surface area (Å²) >= 11 is 0. The third-order valence-corrected chi connectivity index (χ3v) is 3.05. The van der Waals surface area contributed by atoms with Gasteiger partial charge in [-0.1, -0.05) is 0 Å². The molecule has 0 aliphatic carbocycles. The Morgan fingerprint density at radius 1 is 1.30 bits per heavy atom. The molecule has 2 rings (SSSR count). The molecule has 0 saturated heterocycles. The Bertz CT molecular complexity index is 559. The highest BCUT2D eigenvalue weighted by molar-refractivity contribution is 5.83. The van der Waals surface area contributed by atoms with Crippen LogP contribution in [0.2, 0.25) is 0 Å². The van der Waals surface area contributed by atoms with Crippen molar-refractivity contribution in [3.8, 4) is 0 Å². The zero-order chi connectivity index (χ0) is 14.5. The Morgan fingerprint density at radius 3 is 2.75 bits per heavy atom. The van der Waals surface area contributed by atoms with Crippen LogP contribution in [-0.4, -0.2) is 67.2 Å². The molecule has 20 heavy (non-hydrogen) atoms. The molecule has 0 saturated carbocycles. The second kappa shape index (κ2) is 6.60. The predicted octanol–water partition coefficient (Wildman–Crippen LogP) is -1.00. The van der Waals surface area contributed by atoms with Crippen LogP contribution in [0.4, 0.5) is 5.82 Å². The van der Waals surface area contributed by atoms with E-state index in [1.165, 1.54) is 6.33 Å². The number of hydrogen-bond acceptors (Lipinski definition) is 7. The van der Waals surface area contributed by atoms with E-state index in [4.69, 9.17) is 10.2 Å². The van der Waals surface area contributed by atoms with Crippen LogP contribution in [-0.2, 0) is 6.54 Å². The Morgan fingerprint density at radius 2 is 2.10 bits per heavy atom. The largest absolute Gasteiger partial charge is 0.395 e. The van der Waals surface area contributed by atoms with Crippen molar-refractivity contribution in [3.63, 3.8) is 0 Å². The molecule has 110 valence electrons. The van der Waals surface area contributed by atoms with Crippen molar-refractivity contribution in [3.05, 3.63) is 12.7 Å². The Hall–Kier alpha value is -1.77. The SMILES string of the molecule is CCN(CCO)c1ncnc2c1ncn2CC(O)CO. The van der Waals surface area contributed by atoms with Gasteiger partial charge in [0.2, 0.25) is 0 Å². The summed E-state index contributed by atoms with van der Waals surface area (Å²) in [6, 6.07) is 0. The van der Waals surface area contributed by atoms with Crippen LogP contribution in [0.1, 0.15) is 6.92 Å². The summed E-state index contributed by atoms with van der Waals surface area (Å²) < 4.78 is 1.67. The molecule has 3 N–H and O–H groups in total. The minimum absolute atomic E-state index is 0.0310. The molecule has 0 radical (unpaired) electrons. The number of aliphatic hydroxyl groups is 3. The molecule has 0 spiro atoms. The van der Waals surface area contributed by atoms with E-state index in [9.17, 15) is 5.11 Å². The highest BCUT2D eigenvalue weighted by Crippen LogP contribution is 2.21. The van der Waals surface area contributed by atoms with Crippen molar-refractivity contribution in [1.29, 1.82) is 0 Å². The van der Waals surface area contributed by atoms with Gasteiger partial charge in [-0.05, 0) is 6.92 Å². The van der Waals surface area contributed by atoms with E-state index in [1.54, 1.807) is 10.9 Å². The van der Waals surface area contributed by atoms with E-state index in [0.29, 0.717) is 30.1 Å². The second-order valence-corrected chi connectivity index (χ2v) is 4.41. The van der Waals surface area contributed by atoms with Crippen molar-refractivity contribution in [2.75, 3.05) is 31.2 Å². The summed E-state index contributed by atoms with van der Waals surface area (Å²) in [6.07, 6.45) is 2.14. The van der Waals surface area contributed by atoms with E-state index in [1.807, 2.05) is 11.8 Å². The molecule has 0 amide bonds. The van der Waals surface area contributed by atoms with Gasteiger partial charge >= 0.3 is 0 Å². The molecule has 2 aromatic rings. The van der Waals surface area contributed by atoms with Gasteiger partial charge in [-0.15, -0.1) is 0 Å². The molecule has 1 atom stereocenters. The van der Waals surface area contributed by atoms with E-state index < -0.39 is 6.10 Å². The zero-order valence-electron chi connectivity index (χ0n) is 11.3. The molecular weight excluding hydrogens is 262 g/mol. The summed E-state index contributed by atoms with van der Waals surface area (Å²) in [5, 5.41) is 27.5. The molecule has 8 nitrogen and oxygen atoms in total. The van der Waals surface area contributed by atoms with Crippen LogP contribution < -0.4 is 4.90 Å². The fourth-order valence-electron chi connectivity index (χ4n) is 2.05. The predicted molar refractivity (Wildman–Crippen MR) is 73.4 cm³/mol. The monoisotopic (exact) mass is 281 g/mol. The number of aromatic nitrogens is 4. The highest BCUT2D eigenvalue weighted by atomic mass is 16.3. The smallest absolute Gasteiger partial charge is 0.165 e. The normalized spacial score (nSPS) is 12.8. The second-order valence-electron chi connectivity index (χ2n) is 4.41. The zero-order valence-corrected chi connectivity index (χ0v) is 11.3. The first-order valence-corrected chi connectivity index (χ1v) is 6.51. The van der Waals surface area contributed by atoms with Gasteiger partial charge < -0.3 is 24.8 Å². The Kier molecular flexibility index (Phi) is 4.83. The quantitative estimate of drug-likeness (QED) is 0.597. The standard InChI is InChI=1S/C12H19N5O3/c1-2-16(3-4-18)11-10-12(14-7-13-11)17(8-15-10)5-9(20)6-19/h7-9,18-20H,2-6H2,1H3. The first kappa shape index (κ1) is 14.6. The molecule has 0 fully saturated rings. The van der Waals surface area contributed by atoms with Crippen molar-refractivity contribution >= 4 is 17.0 Å². The van der Waals surface area contributed by atoms with Gasteiger partial charge in [-0.2, -0.15) is 0 Å². The topological polar surface area (TPSA) is 108 Å². The number of likely N-dealkylation sites (N-methyl/N-ethyl adjacent to an activating group) is 1. The lowest BCUT2D eigenvalue weighted by Gasteiger charge is -2.20. The summed E-state index contributed by atoms with van der Waals surface area (Å²) in [4.78, 5) is 14.6. The van der Waals surface area contributed by atoms with Gasteiger partial charge in [0.15, 0.2) is 17.0 Å². The third-order valence-electron chi connectivity index (χ3n) is 3.05. The Labute approximate surface area is 116 Å². The summed E-state index contributed by atoms with van der Waals surface area (Å²) in [5.74, 6) is 0.656. The first-order valence-electron chi connectivity index (χ1n) is 6.51. The molecule has 0 aliphatic rings. The van der Waals surface area contributed by atoms with Gasteiger partial charge in [0.05, 0.1) is 32.2 Å². The average Bonchev–Trinajstić information content (AvgIpc) is 2.88. The van der Waals surface area contributed by atoms with Gasteiger partial charge in [0.25, 0.3) is 0 Å². The summed E-state index contributed by atoms with van der Waals surface area (Å²) in [6.45, 7) is 3.06. The number of nitrogens with zero attached hydrogens (tertiary/aromatic N) is 5. The highest BCUT2D eigenvalue weighted by Gasteiger charge is 2.15. The first-order chi connectivity index (χ1) is 9.71. The maximum atomic E-state index is 9.51. The van der Waals surface area contributed by atoms with Crippen molar-refractivity contribution in [2.45, 2.75) is 19.6 Å². The van der Waals surface area contributed by atoms with Crippen molar-refractivity contribution in [1.82, 2.24) is 19.5 Å². The maximum Gasteiger partial charge on any atom is 0.165 e. The number of anilines is 1. The van der Waals surface area contributed by atoms with Crippen LogP contribution in [0.3, 0.4) is 0 Å². The van der Waals surface area contributed by atoms with E-state index in [-0.39, 0.29) is 19.8 Å². The van der Waals surface area contributed by atoms with Crippen LogP contribution in [0, 0.1) is 0 Å². The molecule has 0 aliphatic heterocycles. The fourth-order valence-corrected chi connectivity index (χ4v) is 2.05. The molecule has 1 unspecified atom stereocenters. The third kappa shape index (κ3) is 2.87. The minimum Gasteiger partial charge on any atom is -0.395 e. The summed E-state index contributed by atoms with van der Waals surface area (Å²) in [7, 11) is 0. The minimum atomic E-state index is -0.856. The van der Waals surface area contributed by atoms with E-state index >= 15 is 0 Å².